The van der Waals surface area contributed by atoms with Gasteiger partial charge < -0.3 is 10.1 Å². The molecule has 0 spiro atoms. The molecule has 0 saturated carbocycles. The Morgan fingerprint density at radius 1 is 1.16 bits per heavy atom. The summed E-state index contributed by atoms with van der Waals surface area (Å²) >= 11 is 6.42. The highest BCUT2D eigenvalue weighted by atomic mass is 35.5. The van der Waals surface area contributed by atoms with Crippen molar-refractivity contribution in [1.29, 1.82) is 0 Å². The third-order valence-electron chi connectivity index (χ3n) is 5.58. The second-order valence-corrected chi connectivity index (χ2v) is 10.3. The van der Waals surface area contributed by atoms with Crippen molar-refractivity contribution in [3.8, 4) is 5.75 Å². The van der Waals surface area contributed by atoms with Crippen LogP contribution in [0.4, 0.5) is 5.69 Å². The number of rotatable bonds is 7. The molecule has 1 aliphatic rings. The molecule has 0 bridgehead atoms. The summed E-state index contributed by atoms with van der Waals surface area (Å²) in [6.07, 6.45) is 3.02. The normalized spacial score (nSPS) is 19.0. The van der Waals surface area contributed by atoms with E-state index in [9.17, 15) is 8.42 Å². The first-order chi connectivity index (χ1) is 15.3. The maximum atomic E-state index is 13.2. The van der Waals surface area contributed by atoms with Crippen molar-refractivity contribution in [2.45, 2.75) is 43.2 Å². The molecule has 0 fully saturated rings. The zero-order valence-electron chi connectivity index (χ0n) is 18.0. The number of pyridine rings is 1. The van der Waals surface area contributed by atoms with E-state index in [4.69, 9.17) is 16.3 Å². The monoisotopic (exact) mass is 471 g/mol. The average Bonchev–Trinajstić information content (AvgIpc) is 2.74. The number of sulfonamides is 1. The fourth-order valence-electron chi connectivity index (χ4n) is 3.98. The van der Waals surface area contributed by atoms with Crippen LogP contribution in [0.5, 0.6) is 5.75 Å². The van der Waals surface area contributed by atoms with Crippen molar-refractivity contribution in [2.24, 2.45) is 0 Å². The number of para-hydroxylation sites is 1. The van der Waals surface area contributed by atoms with Crippen LogP contribution in [0.2, 0.25) is 5.02 Å². The van der Waals surface area contributed by atoms with Gasteiger partial charge in [0.2, 0.25) is 10.0 Å². The first-order valence-corrected chi connectivity index (χ1v) is 12.4. The second-order valence-electron chi connectivity index (χ2n) is 8.25. The van der Waals surface area contributed by atoms with E-state index in [1.165, 1.54) is 6.07 Å². The van der Waals surface area contributed by atoms with Crippen molar-refractivity contribution >= 4 is 27.3 Å². The van der Waals surface area contributed by atoms with Crippen LogP contribution in [-0.4, -0.2) is 26.1 Å². The van der Waals surface area contributed by atoms with Crippen LogP contribution in [0, 0.1) is 0 Å². The highest BCUT2D eigenvalue weighted by Gasteiger charge is 2.37. The molecule has 0 aliphatic carbocycles. The molecule has 0 amide bonds. The van der Waals surface area contributed by atoms with Gasteiger partial charge in [0.25, 0.3) is 0 Å². The molecule has 2 N–H and O–H groups in total. The van der Waals surface area contributed by atoms with Gasteiger partial charge in [-0.05, 0) is 50.2 Å². The van der Waals surface area contributed by atoms with Gasteiger partial charge in [0.15, 0.2) is 0 Å². The summed E-state index contributed by atoms with van der Waals surface area (Å²) in [5.74, 6) is 0.691. The Morgan fingerprint density at radius 3 is 2.69 bits per heavy atom. The van der Waals surface area contributed by atoms with Gasteiger partial charge in [-0.25, -0.2) is 13.1 Å². The summed E-state index contributed by atoms with van der Waals surface area (Å²) in [5.41, 5.74) is 1.75. The predicted molar refractivity (Wildman–Crippen MR) is 127 cm³/mol. The smallest absolute Gasteiger partial charge is 0.242 e. The zero-order chi connectivity index (χ0) is 22.8. The lowest BCUT2D eigenvalue weighted by atomic mass is 9.88. The van der Waals surface area contributed by atoms with E-state index in [1.54, 1.807) is 18.3 Å². The zero-order valence-corrected chi connectivity index (χ0v) is 19.6. The maximum Gasteiger partial charge on any atom is 0.242 e. The number of anilines is 1. The molecular formula is C24H26ClN3O3S. The Morgan fingerprint density at radius 2 is 1.94 bits per heavy atom. The number of aromatic nitrogens is 1. The minimum absolute atomic E-state index is 0.0484. The van der Waals surface area contributed by atoms with Gasteiger partial charge in [0.05, 0.1) is 17.2 Å². The number of benzene rings is 2. The lowest BCUT2D eigenvalue weighted by Gasteiger charge is -2.36. The van der Waals surface area contributed by atoms with E-state index in [0.717, 1.165) is 23.4 Å². The topological polar surface area (TPSA) is 80.3 Å². The van der Waals surface area contributed by atoms with Crippen molar-refractivity contribution in [3.05, 3.63) is 83.1 Å². The molecule has 6 nitrogen and oxygen atoms in total. The number of hydrogen-bond acceptors (Lipinski definition) is 5. The number of nitrogens with one attached hydrogen (secondary N) is 2. The molecule has 2 unspecified atom stereocenters. The van der Waals surface area contributed by atoms with E-state index in [0.29, 0.717) is 18.8 Å². The lowest BCUT2D eigenvalue weighted by Crippen LogP contribution is -2.46. The van der Waals surface area contributed by atoms with E-state index in [2.05, 4.69) is 15.0 Å². The fraction of sp³-hybridized carbons (Fsp3) is 0.292. The number of nitrogens with zero attached hydrogens (tertiary/aromatic N) is 1. The molecule has 3 aromatic rings. The minimum Gasteiger partial charge on any atom is -0.493 e. The average molecular weight is 472 g/mol. The van der Waals surface area contributed by atoms with E-state index >= 15 is 0 Å². The summed E-state index contributed by atoms with van der Waals surface area (Å²) in [6, 6.07) is 18.3. The minimum atomic E-state index is -3.86. The summed E-state index contributed by atoms with van der Waals surface area (Å²) in [7, 11) is -3.86. The largest absolute Gasteiger partial charge is 0.493 e. The lowest BCUT2D eigenvalue weighted by molar-refractivity contribution is 0.216. The second kappa shape index (κ2) is 9.10. The number of halogens is 1. The maximum absolute atomic E-state index is 13.2. The number of fused-ring (bicyclic) bond motifs is 1. The van der Waals surface area contributed by atoms with Crippen molar-refractivity contribution < 1.29 is 13.2 Å². The summed E-state index contributed by atoms with van der Waals surface area (Å²) < 4.78 is 35.0. The van der Waals surface area contributed by atoms with Crippen LogP contribution in [0.3, 0.4) is 0 Å². The van der Waals surface area contributed by atoms with Crippen LogP contribution in [0.1, 0.15) is 31.5 Å². The van der Waals surface area contributed by atoms with Crippen LogP contribution >= 0.6 is 11.6 Å². The van der Waals surface area contributed by atoms with E-state index in [-0.39, 0.29) is 16.0 Å². The molecule has 1 aliphatic heterocycles. The molecule has 2 aromatic carbocycles. The highest BCUT2D eigenvalue weighted by Crippen LogP contribution is 2.38. The molecule has 4 rings (SSSR count). The van der Waals surface area contributed by atoms with Crippen molar-refractivity contribution in [3.63, 3.8) is 0 Å². The number of ether oxygens (including phenoxy) is 1. The molecule has 0 saturated heterocycles. The standard InChI is InChI=1S/C24H26ClN3O3S/c1-17(15-18-7-5-6-13-26-18)27-19-10-11-23(21(25)16-19)32(29,30)28-24(2)12-14-31-22-9-4-3-8-20(22)24/h3-11,13,16-17,27-28H,12,14-15H2,1-2H3. The van der Waals surface area contributed by atoms with E-state index in [1.807, 2.05) is 56.3 Å². The number of hydrogen-bond donors (Lipinski definition) is 2. The van der Waals surface area contributed by atoms with Crippen molar-refractivity contribution in [2.75, 3.05) is 11.9 Å². The SMILES string of the molecule is CC(Cc1ccccn1)Nc1ccc(S(=O)(=O)NC2(C)CCOc3ccccc32)c(Cl)c1. The van der Waals surface area contributed by atoms with E-state index < -0.39 is 15.6 Å². The van der Waals surface area contributed by atoms with Gasteiger partial charge in [-0.2, -0.15) is 0 Å². The van der Waals surface area contributed by atoms with Crippen LogP contribution in [0.15, 0.2) is 71.8 Å². The summed E-state index contributed by atoms with van der Waals surface area (Å²) in [4.78, 5) is 4.39. The fourth-order valence-corrected chi connectivity index (χ4v) is 5.95. The molecule has 168 valence electrons. The van der Waals surface area contributed by atoms with Gasteiger partial charge in [-0.1, -0.05) is 35.9 Å². The molecule has 2 atom stereocenters. The van der Waals surface area contributed by atoms with Gasteiger partial charge in [-0.3, -0.25) is 4.98 Å². The third kappa shape index (κ3) is 4.90. The van der Waals surface area contributed by atoms with Crippen LogP contribution < -0.4 is 14.8 Å². The summed E-state index contributed by atoms with van der Waals surface area (Å²) in [6.45, 7) is 4.34. The van der Waals surface area contributed by atoms with Gasteiger partial charge in [0, 0.05) is 42.0 Å². The highest BCUT2D eigenvalue weighted by molar-refractivity contribution is 7.89. The quantitative estimate of drug-likeness (QED) is 0.519. The Balaban J connectivity index is 1.51. The molecule has 0 radical (unpaired) electrons. The molecule has 1 aromatic heterocycles. The predicted octanol–water partition coefficient (Wildman–Crippen LogP) is 4.75. The van der Waals surface area contributed by atoms with Gasteiger partial charge in [0.1, 0.15) is 10.6 Å². The Hall–Kier alpha value is -2.61. The Kier molecular flexibility index (Phi) is 6.42. The van der Waals surface area contributed by atoms with Crippen LogP contribution in [-0.2, 0) is 22.0 Å². The van der Waals surface area contributed by atoms with Gasteiger partial charge >= 0.3 is 0 Å². The first kappa shape index (κ1) is 22.6. The Labute approximate surface area is 194 Å². The molecule has 32 heavy (non-hydrogen) atoms. The molecular weight excluding hydrogens is 446 g/mol. The first-order valence-electron chi connectivity index (χ1n) is 10.5. The molecule has 8 heteroatoms. The van der Waals surface area contributed by atoms with Gasteiger partial charge in [-0.15, -0.1) is 0 Å². The molecule has 2 heterocycles. The third-order valence-corrected chi connectivity index (χ3v) is 7.66. The Bertz CT molecular complexity index is 1200. The van der Waals surface area contributed by atoms with Crippen LogP contribution in [0.25, 0.3) is 0 Å². The van der Waals surface area contributed by atoms with Crippen molar-refractivity contribution in [1.82, 2.24) is 9.71 Å². The summed E-state index contributed by atoms with van der Waals surface area (Å²) in [5, 5.41) is 3.52.